The van der Waals surface area contributed by atoms with Crippen molar-refractivity contribution < 1.29 is 48.8 Å². The molecule has 0 radical (unpaired) electrons. The normalized spacial score (nSPS) is 26.5. The number of hydrogen-bond acceptors (Lipinski definition) is 11. The molecule has 3 aliphatic carbocycles. The highest BCUT2D eigenvalue weighted by Crippen LogP contribution is 2.51. The summed E-state index contributed by atoms with van der Waals surface area (Å²) in [6.07, 6.45) is -1.17. The smallest absolute Gasteiger partial charge is 0.412 e. The van der Waals surface area contributed by atoms with Crippen molar-refractivity contribution in [3.8, 4) is 17.2 Å². The van der Waals surface area contributed by atoms with Gasteiger partial charge in [0.05, 0.1) is 11.5 Å². The van der Waals surface area contributed by atoms with Crippen molar-refractivity contribution in [3.05, 3.63) is 47.0 Å². The zero-order valence-corrected chi connectivity index (χ0v) is 22.7. The first-order valence-electron chi connectivity index (χ1n) is 13.2. The van der Waals surface area contributed by atoms with Crippen LogP contribution in [-0.2, 0) is 32.1 Å². The van der Waals surface area contributed by atoms with Crippen molar-refractivity contribution in [3.63, 3.8) is 0 Å². The second-order valence-electron chi connectivity index (χ2n) is 11.1. The third-order valence-electron chi connectivity index (χ3n) is 8.41. The van der Waals surface area contributed by atoms with Crippen LogP contribution in [0.2, 0.25) is 0 Å². The molecule has 3 aliphatic rings. The predicted molar refractivity (Wildman–Crippen MR) is 144 cm³/mol. The van der Waals surface area contributed by atoms with Gasteiger partial charge in [0, 0.05) is 44.2 Å². The highest BCUT2D eigenvalue weighted by atomic mass is 16.6. The minimum absolute atomic E-state index is 0.0128. The lowest BCUT2D eigenvalue weighted by molar-refractivity contribution is -0.175. The summed E-state index contributed by atoms with van der Waals surface area (Å²) in [6, 6.07) is 7.01. The van der Waals surface area contributed by atoms with Crippen molar-refractivity contribution in [2.24, 2.45) is 29.4 Å². The Bertz CT molecular complexity index is 1550. The number of amides is 2. The van der Waals surface area contributed by atoms with Gasteiger partial charge < -0.3 is 36.0 Å². The van der Waals surface area contributed by atoms with Crippen LogP contribution < -0.4 is 20.7 Å². The molecule has 6 N–H and O–H groups in total. The molecule has 2 unspecified atom stereocenters. The predicted octanol–water partition coefficient (Wildman–Crippen LogP) is 0.387. The number of ketones is 4. The zero-order valence-electron chi connectivity index (χ0n) is 22.7. The van der Waals surface area contributed by atoms with Crippen molar-refractivity contribution >= 4 is 40.8 Å². The van der Waals surface area contributed by atoms with Crippen LogP contribution in [0.3, 0.4) is 0 Å². The van der Waals surface area contributed by atoms with Gasteiger partial charge in [0.25, 0.3) is 0 Å². The minimum atomic E-state index is -2.74. The summed E-state index contributed by atoms with van der Waals surface area (Å²) < 4.78 is 5.15. The number of anilines is 1. The molecule has 0 heterocycles. The first-order valence-corrected chi connectivity index (χ1v) is 13.2. The molecule has 0 bridgehead atoms. The molecule has 2 fully saturated rings. The first-order chi connectivity index (χ1) is 19.7. The zero-order chi connectivity index (χ0) is 30.7. The van der Waals surface area contributed by atoms with Gasteiger partial charge >= 0.3 is 6.09 Å². The topological polar surface area (TPSA) is 214 Å². The van der Waals surface area contributed by atoms with E-state index in [0.29, 0.717) is 11.3 Å². The summed E-state index contributed by atoms with van der Waals surface area (Å²) in [4.78, 5) is 79.1. The number of nitrogens with two attached hydrogens (primary N) is 1. The molecule has 2 aromatic rings. The molecule has 5 atom stereocenters. The van der Waals surface area contributed by atoms with Crippen molar-refractivity contribution in [1.29, 1.82) is 0 Å². The summed E-state index contributed by atoms with van der Waals surface area (Å²) in [5.41, 5.74) is 3.43. The fraction of sp³-hybridized carbons (Fsp3) is 0.379. The number of rotatable bonds is 5. The molecule has 2 aromatic carbocycles. The standard InChI is InChI=1S/C29H29N3O10/c1-32(2)18-9-13(11-31-28(40)42-16-5-3-15(33)4-6-16)23(35)21-17(18)8-12-7-14-10-19(34)22(27(30)39)26(38)29(14,41)25(37)20(12)24(21)36/h3-6,9,12,14,20,22,33,35,41H,7-8,10-11H2,1-2H3,(H2,30,39)(H,31,40)/t12-,14+,20?,22?,29+/m1/s1. The van der Waals surface area contributed by atoms with Gasteiger partial charge in [-0.15, -0.1) is 0 Å². The second kappa shape index (κ2) is 10.2. The maximum atomic E-state index is 13.9. The van der Waals surface area contributed by atoms with E-state index in [-0.39, 0.29) is 42.0 Å². The van der Waals surface area contributed by atoms with Gasteiger partial charge in [0.15, 0.2) is 34.7 Å². The molecular weight excluding hydrogens is 550 g/mol. The summed E-state index contributed by atoms with van der Waals surface area (Å²) in [5.74, 6) is -10.9. The van der Waals surface area contributed by atoms with E-state index < -0.39 is 76.6 Å². The number of carbonyl (C=O) groups is 6. The van der Waals surface area contributed by atoms with Crippen LogP contribution in [0.1, 0.15) is 34.3 Å². The van der Waals surface area contributed by atoms with E-state index in [1.165, 1.54) is 24.3 Å². The van der Waals surface area contributed by atoms with Crippen molar-refractivity contribution in [1.82, 2.24) is 5.32 Å². The lowest BCUT2D eigenvalue weighted by Crippen LogP contribution is -2.68. The average Bonchev–Trinajstić information content (AvgIpc) is 2.91. The van der Waals surface area contributed by atoms with E-state index in [4.69, 9.17) is 10.5 Å². The number of aliphatic hydroxyl groups is 1. The van der Waals surface area contributed by atoms with Crippen LogP contribution in [0.25, 0.3) is 0 Å². The summed E-state index contributed by atoms with van der Waals surface area (Å²) in [7, 11) is 3.43. The Kier molecular flexibility index (Phi) is 7.01. The van der Waals surface area contributed by atoms with E-state index in [0.717, 1.165) is 0 Å². The lowest BCUT2D eigenvalue weighted by atomic mass is 9.53. The number of phenolic OH excluding ortho intramolecular Hbond substituents is 2. The lowest BCUT2D eigenvalue weighted by Gasteiger charge is -2.48. The molecule has 0 saturated heterocycles. The molecule has 2 saturated carbocycles. The number of phenols is 2. The van der Waals surface area contributed by atoms with Gasteiger partial charge in [-0.3, -0.25) is 24.0 Å². The molecule has 13 heteroatoms. The summed E-state index contributed by atoms with van der Waals surface area (Å²) >= 11 is 0. The number of aromatic hydroxyl groups is 2. The highest BCUT2D eigenvalue weighted by Gasteiger charge is 2.66. The molecule has 42 heavy (non-hydrogen) atoms. The Balaban J connectivity index is 1.47. The van der Waals surface area contributed by atoms with Crippen molar-refractivity contribution in [2.45, 2.75) is 31.4 Å². The van der Waals surface area contributed by atoms with E-state index in [2.05, 4.69) is 5.32 Å². The third-order valence-corrected chi connectivity index (χ3v) is 8.41. The van der Waals surface area contributed by atoms with Crippen LogP contribution in [0.4, 0.5) is 10.5 Å². The number of ether oxygens (including phenoxy) is 1. The molecule has 220 valence electrons. The van der Waals surface area contributed by atoms with Crippen molar-refractivity contribution in [2.75, 3.05) is 19.0 Å². The number of carbonyl (C=O) groups excluding carboxylic acids is 6. The molecule has 2 amide bonds. The number of hydrogen-bond donors (Lipinski definition) is 5. The maximum Gasteiger partial charge on any atom is 0.412 e. The summed E-state index contributed by atoms with van der Waals surface area (Å²) in [6.45, 7) is -0.265. The molecule has 5 rings (SSSR count). The Labute approximate surface area is 239 Å². The van der Waals surface area contributed by atoms with Gasteiger partial charge in [-0.05, 0) is 54.7 Å². The number of nitrogens with zero attached hydrogens (tertiary/aromatic N) is 1. The fourth-order valence-corrected chi connectivity index (χ4v) is 6.43. The average molecular weight is 580 g/mol. The number of Topliss-reactive ketones (excluding diaryl/α,β-unsaturated/α-hetero) is 4. The second-order valence-corrected chi connectivity index (χ2v) is 11.1. The number of fused-ring (bicyclic) bond motifs is 3. The van der Waals surface area contributed by atoms with Gasteiger partial charge in [-0.25, -0.2) is 4.79 Å². The molecular formula is C29H29N3O10. The Hall–Kier alpha value is -4.78. The summed E-state index contributed by atoms with van der Waals surface area (Å²) in [5, 5.41) is 34.4. The van der Waals surface area contributed by atoms with Gasteiger partial charge in [-0.2, -0.15) is 0 Å². The number of benzene rings is 2. The van der Waals surface area contributed by atoms with Crippen LogP contribution in [-0.4, -0.2) is 70.1 Å². The van der Waals surface area contributed by atoms with E-state index >= 15 is 0 Å². The third kappa shape index (κ3) is 4.45. The molecule has 0 spiro atoms. The number of nitrogens with one attached hydrogen (secondary N) is 1. The largest absolute Gasteiger partial charge is 0.508 e. The molecule has 0 aromatic heterocycles. The highest BCUT2D eigenvalue weighted by molar-refractivity contribution is 6.31. The van der Waals surface area contributed by atoms with Crippen LogP contribution in [0.15, 0.2) is 30.3 Å². The van der Waals surface area contributed by atoms with Crippen LogP contribution in [0, 0.1) is 23.7 Å². The van der Waals surface area contributed by atoms with Gasteiger partial charge in [0.2, 0.25) is 5.91 Å². The van der Waals surface area contributed by atoms with E-state index in [1.807, 2.05) is 0 Å². The SMILES string of the molecule is CN(C)c1cc(CNC(=O)Oc2ccc(O)cc2)c(O)c2c1C[C@H]1C[C@H]3CC(=O)C(C(N)=O)C(=O)[C@@]3(O)C(=O)C1C2=O. The van der Waals surface area contributed by atoms with Gasteiger partial charge in [0.1, 0.15) is 17.2 Å². The van der Waals surface area contributed by atoms with Gasteiger partial charge in [-0.1, -0.05) is 0 Å². The Morgan fingerprint density at radius 2 is 1.74 bits per heavy atom. The first kappa shape index (κ1) is 28.7. The fourth-order valence-electron chi connectivity index (χ4n) is 6.43. The molecule has 13 nitrogen and oxygen atoms in total. The van der Waals surface area contributed by atoms with E-state index in [9.17, 15) is 44.1 Å². The Morgan fingerprint density at radius 1 is 1.07 bits per heavy atom. The van der Waals surface area contributed by atoms with E-state index in [1.54, 1.807) is 25.1 Å². The van der Waals surface area contributed by atoms with Crippen LogP contribution in [0.5, 0.6) is 17.2 Å². The quantitative estimate of drug-likeness (QED) is 0.305. The maximum absolute atomic E-state index is 13.9. The Morgan fingerprint density at radius 3 is 2.36 bits per heavy atom. The van der Waals surface area contributed by atoms with Crippen LogP contribution >= 0.6 is 0 Å². The monoisotopic (exact) mass is 579 g/mol. The minimum Gasteiger partial charge on any atom is -0.508 e. The molecule has 0 aliphatic heterocycles. The number of primary amides is 1.